The van der Waals surface area contributed by atoms with Gasteiger partial charge in [0.2, 0.25) is 0 Å². The van der Waals surface area contributed by atoms with E-state index in [1.807, 2.05) is 98.5 Å². The topological polar surface area (TPSA) is 69.1 Å². The van der Waals surface area contributed by atoms with E-state index in [1.165, 1.54) is 5.56 Å². The molecule has 2 N–H and O–H groups in total. The maximum absolute atomic E-state index is 5.03. The summed E-state index contributed by atoms with van der Waals surface area (Å²) in [5, 5.41) is 4.11. The quantitative estimate of drug-likeness (QED) is 0.452. The second kappa shape index (κ2) is 19.2. The van der Waals surface area contributed by atoms with Gasteiger partial charge in [-0.3, -0.25) is 14.7 Å². The number of hydrogen-bond acceptors (Lipinski definition) is 4. The first-order valence-electron chi connectivity index (χ1n) is 10.6. The molecule has 2 rings (SSSR count). The smallest absolute Gasteiger partial charge is 0.0565 e. The number of hydrogen-bond donors (Lipinski definition) is 1. The molecule has 2 aromatic heterocycles. The molecule has 0 saturated heterocycles. The fourth-order valence-corrected chi connectivity index (χ4v) is 1.54. The zero-order valence-corrected chi connectivity index (χ0v) is 21.1. The van der Waals surface area contributed by atoms with Gasteiger partial charge in [0.05, 0.1) is 6.20 Å². The third-order valence-corrected chi connectivity index (χ3v) is 3.91. The monoisotopic (exact) mass is 425 g/mol. The molecule has 2 heterocycles. The van der Waals surface area contributed by atoms with Crippen LogP contribution in [0, 0.1) is 13.8 Å². The summed E-state index contributed by atoms with van der Waals surface area (Å²) in [6, 6.07) is 4.07. The Balaban J connectivity index is 0. The Morgan fingerprint density at radius 2 is 1.71 bits per heavy atom. The van der Waals surface area contributed by atoms with Gasteiger partial charge < -0.3 is 5.73 Å². The highest BCUT2D eigenvalue weighted by Crippen LogP contribution is 2.12. The molecule has 0 aliphatic rings. The van der Waals surface area contributed by atoms with Crippen molar-refractivity contribution in [3.63, 3.8) is 0 Å². The van der Waals surface area contributed by atoms with Crippen molar-refractivity contribution >= 4 is 11.3 Å². The Hall–Kier alpha value is -2.79. The first-order chi connectivity index (χ1) is 14.6. The zero-order valence-electron chi connectivity index (χ0n) is 21.1. The molecule has 2 aromatic rings. The fraction of sp³-hybridized carbons (Fsp3) is 0.423. The predicted molar refractivity (Wildman–Crippen MR) is 138 cm³/mol. The molecular weight excluding hydrogens is 382 g/mol. The first kappa shape index (κ1) is 30.4. The van der Waals surface area contributed by atoms with Gasteiger partial charge in [0, 0.05) is 42.6 Å². The summed E-state index contributed by atoms with van der Waals surface area (Å²) >= 11 is 0. The van der Waals surface area contributed by atoms with Crippen molar-refractivity contribution in [2.45, 2.75) is 61.8 Å². The molecule has 31 heavy (non-hydrogen) atoms. The highest BCUT2D eigenvalue weighted by atomic mass is 15.2. The van der Waals surface area contributed by atoms with E-state index in [-0.39, 0.29) is 0 Å². The summed E-state index contributed by atoms with van der Waals surface area (Å²) in [5.41, 5.74) is 11.5. The summed E-state index contributed by atoms with van der Waals surface area (Å²) in [7, 11) is 1.90. The van der Waals surface area contributed by atoms with E-state index in [0.29, 0.717) is 0 Å². The Morgan fingerprint density at radius 1 is 1.13 bits per heavy atom. The molecule has 0 aliphatic carbocycles. The fourth-order valence-electron chi connectivity index (χ4n) is 1.54. The molecule has 5 nitrogen and oxygen atoms in total. The number of rotatable bonds is 4. The van der Waals surface area contributed by atoms with Crippen LogP contribution >= 0.6 is 0 Å². The van der Waals surface area contributed by atoms with Crippen molar-refractivity contribution in [2.75, 3.05) is 6.54 Å². The SMILES string of the molecule is C/C=C\C.C=C(C)C(C)=N/C=C(\C)c1cnn(C)c1.CCCN.Cc1ccc(C)nc1. The van der Waals surface area contributed by atoms with Crippen LogP contribution < -0.4 is 5.73 Å². The Bertz CT molecular complexity index is 782. The highest BCUT2D eigenvalue weighted by molar-refractivity contribution is 5.97. The highest BCUT2D eigenvalue weighted by Gasteiger charge is 1.97. The second-order valence-electron chi connectivity index (χ2n) is 7.14. The van der Waals surface area contributed by atoms with E-state index < -0.39 is 0 Å². The molecule has 0 radical (unpaired) electrons. The Labute approximate surface area is 190 Å². The minimum Gasteiger partial charge on any atom is -0.330 e. The maximum Gasteiger partial charge on any atom is 0.0565 e. The van der Waals surface area contributed by atoms with Gasteiger partial charge in [0.15, 0.2) is 0 Å². The van der Waals surface area contributed by atoms with Gasteiger partial charge in [-0.25, -0.2) is 0 Å². The van der Waals surface area contributed by atoms with Crippen molar-refractivity contribution in [1.29, 1.82) is 0 Å². The molecule has 0 bridgehead atoms. The van der Waals surface area contributed by atoms with Gasteiger partial charge in [0.25, 0.3) is 0 Å². The third kappa shape index (κ3) is 17.8. The number of aromatic nitrogens is 3. The molecule has 0 unspecified atom stereocenters. The second-order valence-corrected chi connectivity index (χ2v) is 7.14. The molecule has 0 atom stereocenters. The van der Waals surface area contributed by atoms with Crippen LogP contribution in [0.1, 0.15) is 64.8 Å². The largest absolute Gasteiger partial charge is 0.330 e. The molecule has 172 valence electrons. The normalized spacial score (nSPS) is 10.9. The van der Waals surface area contributed by atoms with Crippen LogP contribution in [0.15, 0.2) is 66.2 Å². The summed E-state index contributed by atoms with van der Waals surface area (Å²) < 4.78 is 1.78. The molecule has 0 aromatic carbocycles. The van der Waals surface area contributed by atoms with E-state index >= 15 is 0 Å². The van der Waals surface area contributed by atoms with Gasteiger partial charge in [-0.1, -0.05) is 31.7 Å². The van der Waals surface area contributed by atoms with Crippen molar-refractivity contribution in [2.24, 2.45) is 17.8 Å². The van der Waals surface area contributed by atoms with Crippen LogP contribution in [0.25, 0.3) is 5.57 Å². The Morgan fingerprint density at radius 3 is 2.03 bits per heavy atom. The molecule has 0 aliphatic heterocycles. The summed E-state index contributed by atoms with van der Waals surface area (Å²) in [6.07, 6.45) is 12.6. The minimum atomic E-state index is 0.819. The van der Waals surface area contributed by atoms with Crippen LogP contribution in [-0.4, -0.2) is 27.0 Å². The molecule has 0 spiro atoms. The van der Waals surface area contributed by atoms with Crippen molar-refractivity contribution in [3.05, 3.63) is 78.0 Å². The van der Waals surface area contributed by atoms with Gasteiger partial charge in [-0.05, 0) is 84.2 Å². The zero-order chi connectivity index (χ0) is 24.2. The van der Waals surface area contributed by atoms with Crippen LogP contribution in [0.2, 0.25) is 0 Å². The average molecular weight is 426 g/mol. The molecular formula is C26H43N5. The number of allylic oxidation sites excluding steroid dienone is 4. The molecule has 0 amide bonds. The van der Waals surface area contributed by atoms with Crippen molar-refractivity contribution in [3.8, 4) is 0 Å². The number of aliphatic imine (C=N–C) groups is 1. The van der Waals surface area contributed by atoms with Crippen LogP contribution in [-0.2, 0) is 7.05 Å². The lowest BCUT2D eigenvalue weighted by atomic mass is 10.2. The van der Waals surface area contributed by atoms with Gasteiger partial charge in [-0.2, -0.15) is 5.10 Å². The van der Waals surface area contributed by atoms with Gasteiger partial charge >= 0.3 is 0 Å². The predicted octanol–water partition coefficient (Wildman–Crippen LogP) is 6.45. The first-order valence-corrected chi connectivity index (χ1v) is 10.6. The summed E-state index contributed by atoms with van der Waals surface area (Å²) in [6.45, 7) is 20.7. The standard InChI is InChI=1S/C12H17N3.C7H9N.C4H8.C3H9N/c1-9(2)11(4)13-6-10(3)12-7-14-15(5)8-12;1-6-3-4-7(2)8-5-6;1-3-4-2;1-2-3-4/h6-8H,1H2,2-5H3;3-5H,1-2H3;3-4H,1-2H3;2-4H2,1H3/b10-6+,13-11?;;4-3-;. The molecule has 5 heteroatoms. The van der Waals surface area contributed by atoms with Crippen molar-refractivity contribution < 1.29 is 0 Å². The number of nitrogens with zero attached hydrogens (tertiary/aromatic N) is 4. The van der Waals surface area contributed by atoms with E-state index in [0.717, 1.165) is 41.1 Å². The lowest BCUT2D eigenvalue weighted by Gasteiger charge is -1.96. The van der Waals surface area contributed by atoms with E-state index in [2.05, 4.69) is 34.6 Å². The average Bonchev–Trinajstić information content (AvgIpc) is 3.21. The van der Waals surface area contributed by atoms with E-state index in [1.54, 1.807) is 4.68 Å². The van der Waals surface area contributed by atoms with Crippen molar-refractivity contribution in [1.82, 2.24) is 14.8 Å². The minimum absolute atomic E-state index is 0.819. The van der Waals surface area contributed by atoms with E-state index in [9.17, 15) is 0 Å². The van der Waals surface area contributed by atoms with Gasteiger partial charge in [0.1, 0.15) is 0 Å². The molecule has 0 fully saturated rings. The summed E-state index contributed by atoms with van der Waals surface area (Å²) in [5.74, 6) is 0. The van der Waals surface area contributed by atoms with Crippen LogP contribution in [0.4, 0.5) is 0 Å². The lowest BCUT2D eigenvalue weighted by Crippen LogP contribution is -1.93. The molecule has 0 saturated carbocycles. The van der Waals surface area contributed by atoms with E-state index in [4.69, 9.17) is 5.73 Å². The number of pyridine rings is 1. The van der Waals surface area contributed by atoms with Gasteiger partial charge in [-0.15, -0.1) is 0 Å². The number of aryl methyl sites for hydroxylation is 3. The van der Waals surface area contributed by atoms with Crippen LogP contribution in [0.3, 0.4) is 0 Å². The summed E-state index contributed by atoms with van der Waals surface area (Å²) in [4.78, 5) is 8.41. The maximum atomic E-state index is 5.03. The van der Waals surface area contributed by atoms with Crippen LogP contribution in [0.5, 0.6) is 0 Å². The lowest BCUT2D eigenvalue weighted by molar-refractivity contribution is 0.767. The third-order valence-electron chi connectivity index (χ3n) is 3.91. The number of nitrogens with two attached hydrogens (primary N) is 1. The Kier molecular flexibility index (Phi) is 18.8.